The van der Waals surface area contributed by atoms with Crippen molar-refractivity contribution in [2.45, 2.75) is 26.2 Å². The van der Waals surface area contributed by atoms with Crippen LogP contribution in [-0.4, -0.2) is 41.5 Å². The van der Waals surface area contributed by atoms with E-state index in [4.69, 9.17) is 9.47 Å². The van der Waals surface area contributed by atoms with Gasteiger partial charge in [-0.3, -0.25) is 9.59 Å². The molecule has 0 spiro atoms. The van der Waals surface area contributed by atoms with Gasteiger partial charge in [0, 0.05) is 19.3 Å². The largest absolute Gasteiger partial charge is 0.466 e. The number of likely N-dealkylation sites (tertiary alicyclic amines) is 1. The number of carbonyl (C=O) groups excluding carboxylic acids is 2. The van der Waals surface area contributed by atoms with Gasteiger partial charge in [-0.05, 0) is 50.5 Å². The lowest BCUT2D eigenvalue weighted by Gasteiger charge is -2.21. The molecule has 1 fully saturated rings. The lowest BCUT2D eigenvalue weighted by Crippen LogP contribution is -2.32. The summed E-state index contributed by atoms with van der Waals surface area (Å²) in [6.07, 6.45) is 3.72. The maximum atomic E-state index is 13.1. The van der Waals surface area contributed by atoms with Gasteiger partial charge in [0.05, 0.1) is 12.5 Å². The fourth-order valence-corrected chi connectivity index (χ4v) is 3.20. The SMILES string of the molecule is CCOC(=O)C1CCCN(C(=O)c2cccnc2Oc2ccccc2)CC1. The molecular formula is C21H24N2O4. The van der Waals surface area contributed by atoms with Gasteiger partial charge in [-0.25, -0.2) is 4.98 Å². The summed E-state index contributed by atoms with van der Waals surface area (Å²) in [6.45, 7) is 3.31. The van der Waals surface area contributed by atoms with Crippen molar-refractivity contribution in [1.29, 1.82) is 0 Å². The molecule has 1 atom stereocenters. The van der Waals surface area contributed by atoms with Crippen molar-refractivity contribution >= 4 is 11.9 Å². The Morgan fingerprint density at radius 3 is 2.70 bits per heavy atom. The number of carbonyl (C=O) groups is 2. The quantitative estimate of drug-likeness (QED) is 0.753. The summed E-state index contributed by atoms with van der Waals surface area (Å²) in [7, 11) is 0. The van der Waals surface area contributed by atoms with Crippen LogP contribution in [0.4, 0.5) is 0 Å². The van der Waals surface area contributed by atoms with E-state index in [1.54, 1.807) is 30.2 Å². The first-order valence-corrected chi connectivity index (χ1v) is 9.33. The summed E-state index contributed by atoms with van der Waals surface area (Å²) in [5.74, 6) is 0.486. The minimum Gasteiger partial charge on any atom is -0.466 e. The van der Waals surface area contributed by atoms with Gasteiger partial charge in [0.1, 0.15) is 11.3 Å². The van der Waals surface area contributed by atoms with E-state index in [1.165, 1.54) is 0 Å². The highest BCUT2D eigenvalue weighted by atomic mass is 16.5. The van der Waals surface area contributed by atoms with Gasteiger partial charge >= 0.3 is 5.97 Å². The summed E-state index contributed by atoms with van der Waals surface area (Å²) < 4.78 is 10.9. The van der Waals surface area contributed by atoms with Crippen LogP contribution in [0, 0.1) is 5.92 Å². The van der Waals surface area contributed by atoms with Crippen molar-refractivity contribution in [3.05, 3.63) is 54.2 Å². The molecule has 6 heteroatoms. The Morgan fingerprint density at radius 1 is 1.11 bits per heavy atom. The van der Waals surface area contributed by atoms with Crippen molar-refractivity contribution in [3.8, 4) is 11.6 Å². The third kappa shape index (κ3) is 4.84. The summed E-state index contributed by atoms with van der Waals surface area (Å²) in [4.78, 5) is 31.1. The van der Waals surface area contributed by atoms with Gasteiger partial charge in [-0.1, -0.05) is 18.2 Å². The second-order valence-electron chi connectivity index (χ2n) is 6.44. The molecule has 1 aromatic heterocycles. The van der Waals surface area contributed by atoms with Crippen molar-refractivity contribution in [3.63, 3.8) is 0 Å². The number of rotatable bonds is 5. The molecule has 1 saturated heterocycles. The lowest BCUT2D eigenvalue weighted by molar-refractivity contribution is -0.148. The van der Waals surface area contributed by atoms with E-state index in [9.17, 15) is 9.59 Å². The number of hydrogen-bond acceptors (Lipinski definition) is 5. The van der Waals surface area contributed by atoms with E-state index in [1.807, 2.05) is 30.3 Å². The van der Waals surface area contributed by atoms with Gasteiger partial charge < -0.3 is 14.4 Å². The van der Waals surface area contributed by atoms with Crippen LogP contribution in [-0.2, 0) is 9.53 Å². The zero-order valence-electron chi connectivity index (χ0n) is 15.5. The van der Waals surface area contributed by atoms with E-state index in [-0.39, 0.29) is 17.8 Å². The van der Waals surface area contributed by atoms with Gasteiger partial charge in [0.25, 0.3) is 5.91 Å². The minimum absolute atomic E-state index is 0.126. The smallest absolute Gasteiger partial charge is 0.308 e. The predicted octanol–water partition coefficient (Wildman–Crippen LogP) is 3.68. The number of pyridine rings is 1. The molecule has 6 nitrogen and oxygen atoms in total. The average molecular weight is 368 g/mol. The van der Waals surface area contributed by atoms with Crippen LogP contribution in [0.25, 0.3) is 0 Å². The molecule has 1 aromatic carbocycles. The lowest BCUT2D eigenvalue weighted by atomic mass is 10.0. The number of hydrogen-bond donors (Lipinski definition) is 0. The Hall–Kier alpha value is -2.89. The Kier molecular flexibility index (Phi) is 6.41. The molecule has 1 amide bonds. The van der Waals surface area contributed by atoms with Crippen LogP contribution in [0.2, 0.25) is 0 Å². The number of esters is 1. The van der Waals surface area contributed by atoms with E-state index < -0.39 is 0 Å². The zero-order valence-corrected chi connectivity index (χ0v) is 15.5. The van der Waals surface area contributed by atoms with E-state index in [0.717, 1.165) is 12.8 Å². The molecule has 2 aromatic rings. The fraction of sp³-hybridized carbons (Fsp3) is 0.381. The molecule has 1 aliphatic heterocycles. The molecule has 27 heavy (non-hydrogen) atoms. The minimum atomic E-state index is -0.165. The van der Waals surface area contributed by atoms with Crippen LogP contribution >= 0.6 is 0 Å². The topological polar surface area (TPSA) is 68.7 Å². The number of para-hydroxylation sites is 1. The van der Waals surface area contributed by atoms with Crippen molar-refractivity contribution in [2.24, 2.45) is 5.92 Å². The number of ether oxygens (including phenoxy) is 2. The molecule has 0 radical (unpaired) electrons. The Morgan fingerprint density at radius 2 is 1.93 bits per heavy atom. The number of benzene rings is 1. The van der Waals surface area contributed by atoms with Crippen LogP contribution in [0.3, 0.4) is 0 Å². The molecule has 0 aliphatic carbocycles. The summed E-state index contributed by atoms with van der Waals surface area (Å²) >= 11 is 0. The molecule has 0 bridgehead atoms. The highest BCUT2D eigenvalue weighted by Crippen LogP contribution is 2.26. The standard InChI is InChI=1S/C21H24N2O4/c1-2-26-21(25)16-8-7-14-23(15-12-16)20(24)18-11-6-13-22-19(18)27-17-9-4-3-5-10-17/h3-6,9-11,13,16H,2,7-8,12,14-15H2,1H3. The zero-order chi connectivity index (χ0) is 19.1. The summed E-state index contributed by atoms with van der Waals surface area (Å²) in [5, 5.41) is 0. The second kappa shape index (κ2) is 9.16. The van der Waals surface area contributed by atoms with Crippen molar-refractivity contribution < 1.29 is 19.1 Å². The molecule has 1 aliphatic rings. The Labute approximate surface area is 159 Å². The second-order valence-corrected chi connectivity index (χ2v) is 6.44. The molecule has 2 heterocycles. The summed E-state index contributed by atoms with van der Waals surface area (Å²) in [6, 6.07) is 12.7. The first-order valence-electron chi connectivity index (χ1n) is 9.33. The molecule has 0 N–H and O–H groups in total. The van der Waals surface area contributed by atoms with Crippen LogP contribution in [0.5, 0.6) is 11.6 Å². The maximum absolute atomic E-state index is 13.1. The molecule has 1 unspecified atom stereocenters. The highest BCUT2D eigenvalue weighted by molar-refractivity contribution is 5.96. The molecule has 142 valence electrons. The van der Waals surface area contributed by atoms with Crippen molar-refractivity contribution in [1.82, 2.24) is 9.88 Å². The fourth-order valence-electron chi connectivity index (χ4n) is 3.20. The Balaban J connectivity index is 1.71. The molecule has 3 rings (SSSR count). The monoisotopic (exact) mass is 368 g/mol. The van der Waals surface area contributed by atoms with E-state index in [0.29, 0.717) is 43.3 Å². The highest BCUT2D eigenvalue weighted by Gasteiger charge is 2.28. The third-order valence-corrected chi connectivity index (χ3v) is 4.59. The van der Waals surface area contributed by atoms with Gasteiger partial charge in [0.15, 0.2) is 0 Å². The third-order valence-electron chi connectivity index (χ3n) is 4.59. The maximum Gasteiger partial charge on any atom is 0.308 e. The van der Waals surface area contributed by atoms with Crippen molar-refractivity contribution in [2.75, 3.05) is 19.7 Å². The van der Waals surface area contributed by atoms with Gasteiger partial charge in [-0.2, -0.15) is 0 Å². The van der Waals surface area contributed by atoms with E-state index in [2.05, 4.69) is 4.98 Å². The first-order chi connectivity index (χ1) is 13.2. The first kappa shape index (κ1) is 18.9. The number of nitrogens with zero attached hydrogens (tertiary/aromatic N) is 2. The molecule has 0 saturated carbocycles. The van der Waals surface area contributed by atoms with Gasteiger partial charge in [-0.15, -0.1) is 0 Å². The van der Waals surface area contributed by atoms with Crippen LogP contribution < -0.4 is 4.74 Å². The van der Waals surface area contributed by atoms with Crippen LogP contribution in [0.15, 0.2) is 48.7 Å². The number of aromatic nitrogens is 1. The van der Waals surface area contributed by atoms with E-state index >= 15 is 0 Å². The average Bonchev–Trinajstić information content (AvgIpc) is 2.95. The predicted molar refractivity (Wildman–Crippen MR) is 101 cm³/mol. The Bertz CT molecular complexity index is 779. The number of amides is 1. The van der Waals surface area contributed by atoms with Gasteiger partial charge in [0.2, 0.25) is 5.88 Å². The molecular weight excluding hydrogens is 344 g/mol. The van der Waals surface area contributed by atoms with Crippen LogP contribution in [0.1, 0.15) is 36.5 Å². The normalized spacial score (nSPS) is 17.1. The summed E-state index contributed by atoms with van der Waals surface area (Å²) in [5.41, 5.74) is 0.427.